The first-order valence-electron chi connectivity index (χ1n) is 8.97. The number of nitrogens with zero attached hydrogens (tertiary/aromatic N) is 1. The molecule has 0 aliphatic rings. The first-order valence-corrected chi connectivity index (χ1v) is 12.4. The van der Waals surface area contributed by atoms with Crippen LogP contribution in [0.2, 0.25) is 0 Å². The summed E-state index contributed by atoms with van der Waals surface area (Å²) >= 11 is 4.65. The molecule has 11 heteroatoms. The van der Waals surface area contributed by atoms with Crippen LogP contribution in [0.1, 0.15) is 18.4 Å². The third-order valence-electron chi connectivity index (χ3n) is 4.16. The smallest absolute Gasteiger partial charge is 0.420 e. The average molecular weight is 519 g/mol. The lowest BCUT2D eigenvalue weighted by Gasteiger charge is -2.14. The number of aryl methyl sites for hydroxylation is 1. The van der Waals surface area contributed by atoms with E-state index in [2.05, 4.69) is 30.4 Å². The number of H-pyrrole nitrogens is 1. The van der Waals surface area contributed by atoms with Gasteiger partial charge in [-0.15, -0.1) is 0 Å². The lowest BCUT2D eigenvalue weighted by Crippen LogP contribution is -2.09. The number of thioether (sulfide) groups is 1. The van der Waals surface area contributed by atoms with Crippen molar-refractivity contribution in [3.8, 4) is 5.75 Å². The molecule has 0 aliphatic carbocycles. The summed E-state index contributed by atoms with van der Waals surface area (Å²) in [6.45, 7) is 0. The van der Waals surface area contributed by atoms with Crippen LogP contribution < -0.4 is 10.1 Å². The summed E-state index contributed by atoms with van der Waals surface area (Å²) in [4.78, 5) is 28.4. The molecule has 0 spiro atoms. The van der Waals surface area contributed by atoms with Gasteiger partial charge in [0.25, 0.3) is 5.56 Å². The Balaban J connectivity index is 1.49. The Morgan fingerprint density at radius 1 is 1.23 bits per heavy atom. The number of alkyl halides is 2. The van der Waals surface area contributed by atoms with Crippen LogP contribution in [0.3, 0.4) is 0 Å². The zero-order valence-electron chi connectivity index (χ0n) is 15.6. The largest absolute Gasteiger partial charge is 0.442 e. The molecule has 160 valence electrons. The van der Waals surface area contributed by atoms with Crippen LogP contribution in [-0.4, -0.2) is 26.8 Å². The summed E-state index contributed by atoms with van der Waals surface area (Å²) in [5.74, 6) is 0.665. The zero-order valence-corrected chi connectivity index (χ0v) is 18.9. The highest BCUT2D eigenvalue weighted by molar-refractivity contribution is 9.10. The summed E-state index contributed by atoms with van der Waals surface area (Å²) in [7, 11) is -5.00. The van der Waals surface area contributed by atoms with Crippen molar-refractivity contribution in [2.24, 2.45) is 0 Å². The summed E-state index contributed by atoms with van der Waals surface area (Å²) in [6.07, 6.45) is -1.01. The Bertz CT molecular complexity index is 1140. The molecule has 0 saturated heterocycles. The molecule has 0 amide bonds. The van der Waals surface area contributed by atoms with Crippen LogP contribution >= 0.6 is 35.3 Å². The standard InChI is InChI=1S/C19H18BrF2N2O4PS/c20-14-11-12(8-9-16(14)28-29(26,27)18(21)22)5-3-4-10-30-19-23-15-7-2-1-6-13(15)17(25)24-19/h1-2,6-9,11,18H,3-5,10H2,(H,26,27)(H,23,24,25). The van der Waals surface area contributed by atoms with Crippen LogP contribution in [0.4, 0.5) is 8.78 Å². The molecule has 0 bridgehead atoms. The molecule has 1 unspecified atom stereocenters. The van der Waals surface area contributed by atoms with Gasteiger partial charge in [-0.2, -0.15) is 8.78 Å². The minimum atomic E-state index is -5.00. The molecule has 6 nitrogen and oxygen atoms in total. The summed E-state index contributed by atoms with van der Waals surface area (Å²) < 4.78 is 41.2. The number of halogens is 3. The Kier molecular flexibility index (Phi) is 7.68. The van der Waals surface area contributed by atoms with E-state index in [-0.39, 0.29) is 11.3 Å². The molecular formula is C19H18BrF2N2O4PS. The minimum Gasteiger partial charge on any atom is -0.420 e. The van der Waals surface area contributed by atoms with E-state index >= 15 is 0 Å². The van der Waals surface area contributed by atoms with E-state index in [0.717, 1.165) is 30.6 Å². The molecule has 3 aromatic rings. The van der Waals surface area contributed by atoms with E-state index in [1.54, 1.807) is 30.3 Å². The van der Waals surface area contributed by atoms with E-state index in [0.29, 0.717) is 20.5 Å². The highest BCUT2D eigenvalue weighted by atomic mass is 79.9. The van der Waals surface area contributed by atoms with Crippen LogP contribution in [0, 0.1) is 0 Å². The van der Waals surface area contributed by atoms with E-state index in [1.807, 2.05) is 6.07 Å². The highest BCUT2D eigenvalue weighted by Gasteiger charge is 2.34. The maximum atomic E-state index is 12.5. The number of aromatic amines is 1. The fourth-order valence-electron chi connectivity index (χ4n) is 2.69. The number of fused-ring (bicyclic) bond motifs is 1. The zero-order chi connectivity index (χ0) is 21.7. The lowest BCUT2D eigenvalue weighted by molar-refractivity contribution is 0.188. The second kappa shape index (κ2) is 10.0. The van der Waals surface area contributed by atoms with Crippen LogP contribution in [0.5, 0.6) is 5.75 Å². The highest BCUT2D eigenvalue weighted by Crippen LogP contribution is 2.50. The van der Waals surface area contributed by atoms with Gasteiger partial charge in [0, 0.05) is 5.75 Å². The fraction of sp³-hybridized carbons (Fsp3) is 0.263. The minimum absolute atomic E-state index is 0.105. The predicted molar refractivity (Wildman–Crippen MR) is 117 cm³/mol. The van der Waals surface area contributed by atoms with Gasteiger partial charge in [0.15, 0.2) is 5.16 Å². The second-order valence-electron chi connectivity index (χ2n) is 6.39. The van der Waals surface area contributed by atoms with E-state index < -0.39 is 13.8 Å². The second-order valence-corrected chi connectivity index (χ2v) is 10.0. The number of unbranched alkanes of at least 4 members (excludes halogenated alkanes) is 1. The van der Waals surface area contributed by atoms with Gasteiger partial charge in [0.2, 0.25) is 0 Å². The van der Waals surface area contributed by atoms with Gasteiger partial charge >= 0.3 is 13.8 Å². The van der Waals surface area contributed by atoms with Gasteiger partial charge in [-0.05, 0) is 65.0 Å². The summed E-state index contributed by atoms with van der Waals surface area (Å²) in [5, 5.41) is 1.14. The van der Waals surface area contributed by atoms with Gasteiger partial charge in [-0.1, -0.05) is 30.0 Å². The van der Waals surface area contributed by atoms with Crippen molar-refractivity contribution in [3.63, 3.8) is 0 Å². The van der Waals surface area contributed by atoms with Crippen molar-refractivity contribution in [2.45, 2.75) is 30.6 Å². The van der Waals surface area contributed by atoms with Crippen molar-refractivity contribution in [1.82, 2.24) is 9.97 Å². The molecule has 1 heterocycles. The summed E-state index contributed by atoms with van der Waals surface area (Å²) in [6, 6.07) is 11.9. The van der Waals surface area contributed by atoms with E-state index in [9.17, 15) is 18.1 Å². The average Bonchev–Trinajstić information content (AvgIpc) is 2.69. The van der Waals surface area contributed by atoms with Crippen molar-refractivity contribution in [2.75, 3.05) is 5.75 Å². The van der Waals surface area contributed by atoms with Crippen molar-refractivity contribution in [1.29, 1.82) is 0 Å². The Morgan fingerprint density at radius 2 is 2.00 bits per heavy atom. The lowest BCUT2D eigenvalue weighted by atomic mass is 10.1. The summed E-state index contributed by atoms with van der Waals surface area (Å²) in [5.41, 5.74) is 1.44. The third kappa shape index (κ3) is 5.91. The number of hydrogen-bond acceptors (Lipinski definition) is 5. The molecule has 30 heavy (non-hydrogen) atoms. The fourth-order valence-corrected chi connectivity index (χ4v) is 4.71. The van der Waals surface area contributed by atoms with Gasteiger partial charge in [-0.3, -0.25) is 4.79 Å². The molecule has 0 saturated carbocycles. The van der Waals surface area contributed by atoms with Crippen LogP contribution in [-0.2, 0) is 11.0 Å². The number of para-hydroxylation sites is 1. The van der Waals surface area contributed by atoms with Gasteiger partial charge in [0.05, 0.1) is 15.4 Å². The van der Waals surface area contributed by atoms with Gasteiger partial charge in [0.1, 0.15) is 5.75 Å². The SMILES string of the molecule is O=c1[nH]c(SCCCCc2ccc(OP(=O)(O)C(F)F)c(Br)c2)nc2ccccc12. The molecule has 1 aromatic heterocycles. The van der Waals surface area contributed by atoms with Gasteiger partial charge < -0.3 is 14.4 Å². The Hall–Kier alpha value is -1.74. The monoisotopic (exact) mass is 518 g/mol. The number of hydrogen-bond donors (Lipinski definition) is 2. The number of aromatic nitrogens is 2. The first kappa shape index (κ1) is 22.9. The molecule has 2 aromatic carbocycles. The maximum absolute atomic E-state index is 12.5. The van der Waals surface area contributed by atoms with Crippen LogP contribution in [0.15, 0.2) is 56.9 Å². The Labute approximate surface area is 183 Å². The van der Waals surface area contributed by atoms with Crippen molar-refractivity contribution < 1.29 is 22.8 Å². The van der Waals surface area contributed by atoms with Crippen molar-refractivity contribution >= 4 is 46.2 Å². The molecule has 0 fully saturated rings. The first-order chi connectivity index (χ1) is 14.3. The topological polar surface area (TPSA) is 92.3 Å². The molecule has 3 rings (SSSR count). The Morgan fingerprint density at radius 3 is 2.73 bits per heavy atom. The van der Waals surface area contributed by atoms with Crippen molar-refractivity contribution in [3.05, 3.63) is 62.9 Å². The molecule has 0 radical (unpaired) electrons. The number of rotatable bonds is 9. The normalized spacial score (nSPS) is 13.5. The quantitative estimate of drug-likeness (QED) is 0.166. The molecule has 1 atom stereocenters. The van der Waals surface area contributed by atoms with E-state index in [4.69, 9.17) is 4.89 Å². The maximum Gasteiger partial charge on any atom is 0.442 e. The van der Waals surface area contributed by atoms with Crippen LogP contribution in [0.25, 0.3) is 10.9 Å². The number of benzene rings is 2. The third-order valence-corrected chi connectivity index (χ3v) is 6.69. The predicted octanol–water partition coefficient (Wildman–Crippen LogP) is 5.59. The number of nitrogens with one attached hydrogen (secondary N) is 1. The molecular weight excluding hydrogens is 501 g/mol. The van der Waals surface area contributed by atoms with E-state index in [1.165, 1.54) is 17.8 Å². The molecule has 0 aliphatic heterocycles. The van der Waals surface area contributed by atoms with Gasteiger partial charge in [-0.25, -0.2) is 9.55 Å². The molecule has 2 N–H and O–H groups in total.